The summed E-state index contributed by atoms with van der Waals surface area (Å²) in [5, 5.41) is 9.51. The smallest absolute Gasteiger partial charge is 0.196 e. The predicted octanol–water partition coefficient (Wildman–Crippen LogP) is 3.71. The monoisotopic (exact) mass is 267 g/mol. The van der Waals surface area contributed by atoms with Crippen molar-refractivity contribution in [2.24, 2.45) is 0 Å². The second-order valence-electron chi connectivity index (χ2n) is 4.43. The molecule has 0 saturated carbocycles. The lowest BCUT2D eigenvalue weighted by atomic mass is 9.92. The molecule has 0 spiro atoms. The molecule has 0 aliphatic carbocycles. The van der Waals surface area contributed by atoms with Crippen LogP contribution in [0.1, 0.15) is 24.0 Å². The van der Waals surface area contributed by atoms with Crippen molar-refractivity contribution >= 4 is 0 Å². The molecule has 0 fully saturated rings. The normalized spacial score (nSPS) is 13.2. The van der Waals surface area contributed by atoms with Gasteiger partial charge in [0.25, 0.3) is 0 Å². The molecule has 3 nitrogen and oxygen atoms in total. The predicted molar refractivity (Wildman–Crippen MR) is 77.4 cm³/mol. The fourth-order valence-electron chi connectivity index (χ4n) is 2.02. The van der Waals surface area contributed by atoms with E-state index in [1.807, 2.05) is 61.5 Å². The van der Waals surface area contributed by atoms with Gasteiger partial charge in [0, 0.05) is 12.7 Å². The van der Waals surface area contributed by atoms with Crippen LogP contribution in [-0.4, -0.2) is 13.4 Å². The zero-order chi connectivity index (χ0) is 14.4. The Morgan fingerprint density at radius 3 is 2.30 bits per heavy atom. The van der Waals surface area contributed by atoms with Gasteiger partial charge in [0.15, 0.2) is 6.29 Å². The van der Waals surface area contributed by atoms with E-state index in [4.69, 9.17) is 9.47 Å². The van der Waals surface area contributed by atoms with Crippen molar-refractivity contribution in [2.45, 2.75) is 19.1 Å². The van der Waals surface area contributed by atoms with Gasteiger partial charge in [-0.15, -0.1) is 0 Å². The molecule has 0 radical (unpaired) electrons. The number of para-hydroxylation sites is 1. The number of hydrogen-bond donors (Lipinski definition) is 0. The van der Waals surface area contributed by atoms with Gasteiger partial charge in [-0.1, -0.05) is 48.5 Å². The minimum Gasteiger partial charge on any atom is -0.465 e. The van der Waals surface area contributed by atoms with Crippen LogP contribution in [-0.2, 0) is 4.74 Å². The molecule has 0 amide bonds. The van der Waals surface area contributed by atoms with E-state index in [2.05, 4.69) is 6.07 Å². The minimum atomic E-state index is -0.355. The van der Waals surface area contributed by atoms with Crippen LogP contribution in [0.4, 0.5) is 0 Å². The van der Waals surface area contributed by atoms with Crippen LogP contribution >= 0.6 is 0 Å². The number of hydrogen-bond acceptors (Lipinski definition) is 3. The summed E-state index contributed by atoms with van der Waals surface area (Å²) in [6.07, 6.45) is -0.355. The molecule has 2 atom stereocenters. The maximum atomic E-state index is 9.51. The van der Waals surface area contributed by atoms with E-state index in [0.717, 1.165) is 11.1 Å². The number of nitrogens with zero attached hydrogens (tertiary/aromatic N) is 1. The Morgan fingerprint density at radius 1 is 1.00 bits per heavy atom. The lowest BCUT2D eigenvalue weighted by molar-refractivity contribution is -0.0388. The van der Waals surface area contributed by atoms with Crippen LogP contribution in [0.5, 0.6) is 5.75 Å². The molecule has 2 unspecified atom stereocenters. The maximum Gasteiger partial charge on any atom is 0.196 e. The lowest BCUT2D eigenvalue weighted by Crippen LogP contribution is -2.15. The van der Waals surface area contributed by atoms with Crippen molar-refractivity contribution in [3.63, 3.8) is 0 Å². The molecule has 0 heterocycles. The van der Waals surface area contributed by atoms with E-state index in [1.54, 1.807) is 7.11 Å². The Balaban J connectivity index is 2.38. The van der Waals surface area contributed by atoms with E-state index in [1.165, 1.54) is 0 Å². The standard InChI is InChI=1S/C17H17NO2/c1-13(19-2)20-17-11-7-6-10-15(17)16(12-18)14-8-4-3-5-9-14/h3-11,13,16H,1-2H3. The summed E-state index contributed by atoms with van der Waals surface area (Å²) in [4.78, 5) is 0. The highest BCUT2D eigenvalue weighted by atomic mass is 16.7. The highest BCUT2D eigenvalue weighted by Gasteiger charge is 2.18. The van der Waals surface area contributed by atoms with Crippen LogP contribution in [0.25, 0.3) is 0 Å². The highest BCUT2D eigenvalue weighted by molar-refractivity contribution is 5.45. The van der Waals surface area contributed by atoms with E-state index in [-0.39, 0.29) is 12.2 Å². The molecule has 102 valence electrons. The van der Waals surface area contributed by atoms with Crippen LogP contribution < -0.4 is 4.74 Å². The van der Waals surface area contributed by atoms with E-state index >= 15 is 0 Å². The third-order valence-corrected chi connectivity index (χ3v) is 3.12. The summed E-state index contributed by atoms with van der Waals surface area (Å²) < 4.78 is 10.8. The summed E-state index contributed by atoms with van der Waals surface area (Å²) in [6, 6.07) is 19.6. The molecule has 0 N–H and O–H groups in total. The third kappa shape index (κ3) is 3.17. The molecule has 2 aromatic rings. The lowest BCUT2D eigenvalue weighted by Gasteiger charge is -2.18. The van der Waals surface area contributed by atoms with Crippen LogP contribution in [0, 0.1) is 11.3 Å². The summed E-state index contributed by atoms with van der Waals surface area (Å²) >= 11 is 0. The second kappa shape index (κ2) is 6.74. The molecule has 2 rings (SSSR count). The van der Waals surface area contributed by atoms with Crippen molar-refractivity contribution in [1.29, 1.82) is 5.26 Å². The molecule has 3 heteroatoms. The molecule has 0 aliphatic heterocycles. The van der Waals surface area contributed by atoms with Gasteiger partial charge >= 0.3 is 0 Å². The maximum absolute atomic E-state index is 9.51. The molecular weight excluding hydrogens is 250 g/mol. The fraction of sp³-hybridized carbons (Fsp3) is 0.235. The van der Waals surface area contributed by atoms with Crippen LogP contribution in [0.2, 0.25) is 0 Å². The highest BCUT2D eigenvalue weighted by Crippen LogP contribution is 2.31. The number of benzene rings is 2. The zero-order valence-electron chi connectivity index (χ0n) is 11.6. The van der Waals surface area contributed by atoms with Gasteiger partial charge in [0.05, 0.1) is 12.0 Å². The zero-order valence-corrected chi connectivity index (χ0v) is 11.6. The first-order valence-electron chi connectivity index (χ1n) is 6.49. The quantitative estimate of drug-likeness (QED) is 0.775. The molecule has 0 bridgehead atoms. The molecule has 20 heavy (non-hydrogen) atoms. The van der Waals surface area contributed by atoms with Crippen LogP contribution in [0.15, 0.2) is 54.6 Å². The fourth-order valence-corrected chi connectivity index (χ4v) is 2.02. The van der Waals surface area contributed by atoms with E-state index in [0.29, 0.717) is 5.75 Å². The first-order valence-corrected chi connectivity index (χ1v) is 6.49. The molecule has 0 saturated heterocycles. The largest absolute Gasteiger partial charge is 0.465 e. The first kappa shape index (κ1) is 14.1. The van der Waals surface area contributed by atoms with Crippen molar-refractivity contribution in [2.75, 3.05) is 7.11 Å². The number of nitriles is 1. The van der Waals surface area contributed by atoms with Crippen molar-refractivity contribution in [3.05, 3.63) is 65.7 Å². The third-order valence-electron chi connectivity index (χ3n) is 3.12. The Kier molecular flexibility index (Phi) is 4.75. The minimum absolute atomic E-state index is 0.351. The van der Waals surface area contributed by atoms with Crippen molar-refractivity contribution in [3.8, 4) is 11.8 Å². The van der Waals surface area contributed by atoms with Crippen LogP contribution in [0.3, 0.4) is 0 Å². The Hall–Kier alpha value is -2.31. The molecule has 0 aliphatic rings. The average Bonchev–Trinajstić information content (AvgIpc) is 2.50. The Bertz CT molecular complexity index is 589. The van der Waals surface area contributed by atoms with Gasteiger partial charge in [-0.25, -0.2) is 0 Å². The Labute approximate surface area is 119 Å². The topological polar surface area (TPSA) is 42.2 Å². The number of methoxy groups -OCH3 is 1. The van der Waals surface area contributed by atoms with E-state index < -0.39 is 0 Å². The second-order valence-corrected chi connectivity index (χ2v) is 4.43. The number of rotatable bonds is 5. The van der Waals surface area contributed by atoms with Crippen molar-refractivity contribution < 1.29 is 9.47 Å². The molecular formula is C17H17NO2. The number of ether oxygens (including phenoxy) is 2. The summed E-state index contributed by atoms with van der Waals surface area (Å²) in [7, 11) is 1.59. The van der Waals surface area contributed by atoms with Gasteiger partial charge in [-0.05, 0) is 18.6 Å². The van der Waals surface area contributed by atoms with Gasteiger partial charge in [-0.3, -0.25) is 0 Å². The van der Waals surface area contributed by atoms with E-state index in [9.17, 15) is 5.26 Å². The average molecular weight is 267 g/mol. The van der Waals surface area contributed by atoms with Crippen molar-refractivity contribution in [1.82, 2.24) is 0 Å². The van der Waals surface area contributed by atoms with Gasteiger partial charge in [0.1, 0.15) is 5.75 Å². The van der Waals surface area contributed by atoms with Gasteiger partial charge in [-0.2, -0.15) is 5.26 Å². The van der Waals surface area contributed by atoms with Gasteiger partial charge < -0.3 is 9.47 Å². The summed E-state index contributed by atoms with van der Waals surface area (Å²) in [5.74, 6) is 0.328. The van der Waals surface area contributed by atoms with Gasteiger partial charge in [0.2, 0.25) is 0 Å². The molecule has 2 aromatic carbocycles. The summed E-state index contributed by atoms with van der Waals surface area (Å²) in [5.41, 5.74) is 1.81. The first-order chi connectivity index (χ1) is 9.76. The SMILES string of the molecule is COC(C)Oc1ccccc1C(C#N)c1ccccc1. The Morgan fingerprint density at radius 2 is 1.65 bits per heavy atom. The molecule has 0 aromatic heterocycles. The summed E-state index contributed by atoms with van der Waals surface area (Å²) in [6.45, 7) is 1.82.